The number of nitrogens with zero attached hydrogens (tertiary/aromatic N) is 1. The minimum atomic E-state index is -3.65. The molecule has 1 unspecified atom stereocenters. The second-order valence-corrected chi connectivity index (χ2v) is 9.42. The molecule has 1 heterocycles. The Bertz CT molecular complexity index is 1130. The van der Waals surface area contributed by atoms with Crippen molar-refractivity contribution in [2.45, 2.75) is 17.2 Å². The molecule has 3 rings (SSSR count). The van der Waals surface area contributed by atoms with E-state index < -0.39 is 33.7 Å². The maximum absolute atomic E-state index is 13.3. The van der Waals surface area contributed by atoms with Gasteiger partial charge in [0.1, 0.15) is 9.96 Å². The molecule has 1 amide bonds. The van der Waals surface area contributed by atoms with Crippen LogP contribution in [0.2, 0.25) is 0 Å². The topological polar surface area (TPSA) is 75.7 Å². The van der Waals surface area contributed by atoms with Gasteiger partial charge in [-0.25, -0.2) is 17.2 Å². The molecule has 0 aliphatic heterocycles. The van der Waals surface area contributed by atoms with E-state index in [1.807, 2.05) is 0 Å². The van der Waals surface area contributed by atoms with Crippen molar-refractivity contribution in [3.8, 4) is 5.75 Å². The summed E-state index contributed by atoms with van der Waals surface area (Å²) in [7, 11) is -2.20. The highest BCUT2D eigenvalue weighted by Crippen LogP contribution is 2.27. The Hall–Kier alpha value is -2.98. The Morgan fingerprint density at radius 2 is 1.80 bits per heavy atom. The highest BCUT2D eigenvalue weighted by Gasteiger charge is 2.22. The number of rotatable bonds is 7. The lowest BCUT2D eigenvalue weighted by Gasteiger charge is -2.19. The third-order valence-electron chi connectivity index (χ3n) is 4.18. The van der Waals surface area contributed by atoms with Crippen molar-refractivity contribution in [2.75, 3.05) is 16.7 Å². The Morgan fingerprint density at radius 1 is 1.10 bits per heavy atom. The Kier molecular flexibility index (Phi) is 6.37. The number of thiophene rings is 1. The van der Waals surface area contributed by atoms with Crippen LogP contribution in [0.25, 0.3) is 0 Å². The van der Waals surface area contributed by atoms with Gasteiger partial charge in [-0.15, -0.1) is 11.3 Å². The van der Waals surface area contributed by atoms with E-state index in [0.29, 0.717) is 11.4 Å². The molecule has 2 aromatic carbocycles. The highest BCUT2D eigenvalue weighted by molar-refractivity contribution is 7.94. The number of benzene rings is 2. The van der Waals surface area contributed by atoms with Crippen LogP contribution < -0.4 is 14.4 Å². The van der Waals surface area contributed by atoms with Gasteiger partial charge in [-0.2, -0.15) is 0 Å². The summed E-state index contributed by atoms with van der Waals surface area (Å²) < 4.78 is 58.3. The van der Waals surface area contributed by atoms with Gasteiger partial charge in [0, 0.05) is 18.8 Å². The fourth-order valence-electron chi connectivity index (χ4n) is 2.49. The molecule has 158 valence electrons. The third kappa shape index (κ3) is 4.77. The van der Waals surface area contributed by atoms with E-state index in [2.05, 4.69) is 5.32 Å². The van der Waals surface area contributed by atoms with Crippen LogP contribution in [0.5, 0.6) is 5.75 Å². The van der Waals surface area contributed by atoms with Gasteiger partial charge in [0.25, 0.3) is 15.9 Å². The Balaban J connectivity index is 1.64. The summed E-state index contributed by atoms with van der Waals surface area (Å²) in [6.45, 7) is 1.50. The van der Waals surface area contributed by atoms with E-state index in [9.17, 15) is 22.0 Å². The number of anilines is 2. The molecule has 0 aliphatic rings. The molecule has 1 atom stereocenters. The van der Waals surface area contributed by atoms with E-state index in [1.54, 1.807) is 23.6 Å². The molecule has 0 bridgehead atoms. The predicted octanol–water partition coefficient (Wildman–Crippen LogP) is 4.26. The predicted molar refractivity (Wildman–Crippen MR) is 111 cm³/mol. The van der Waals surface area contributed by atoms with Crippen LogP contribution >= 0.6 is 11.3 Å². The first-order valence-electron chi connectivity index (χ1n) is 8.73. The minimum Gasteiger partial charge on any atom is -0.481 e. The van der Waals surface area contributed by atoms with Crippen LogP contribution in [-0.2, 0) is 14.8 Å². The lowest BCUT2D eigenvalue weighted by atomic mass is 10.2. The number of carbonyl (C=O) groups excluding carboxylic acids is 1. The zero-order chi connectivity index (χ0) is 21.9. The SMILES string of the molecule is CC(Oc1ccc(N(C)S(=O)(=O)c2cccs2)cc1)C(=O)Nc1ccc(F)c(F)c1. The Morgan fingerprint density at radius 3 is 2.40 bits per heavy atom. The smallest absolute Gasteiger partial charge is 0.273 e. The van der Waals surface area contributed by atoms with Gasteiger partial charge in [0.15, 0.2) is 17.7 Å². The van der Waals surface area contributed by atoms with Gasteiger partial charge in [-0.3, -0.25) is 9.10 Å². The van der Waals surface area contributed by atoms with Crippen LogP contribution in [0.4, 0.5) is 20.2 Å². The van der Waals surface area contributed by atoms with Crippen molar-refractivity contribution in [1.29, 1.82) is 0 Å². The largest absolute Gasteiger partial charge is 0.481 e. The normalized spacial score (nSPS) is 12.3. The first-order chi connectivity index (χ1) is 14.2. The van der Waals surface area contributed by atoms with Crippen molar-refractivity contribution in [2.24, 2.45) is 0 Å². The number of carbonyl (C=O) groups is 1. The molecule has 0 saturated heterocycles. The molecule has 3 aromatic rings. The van der Waals surface area contributed by atoms with Gasteiger partial charge >= 0.3 is 0 Å². The number of sulfonamides is 1. The van der Waals surface area contributed by atoms with E-state index in [4.69, 9.17) is 4.74 Å². The third-order valence-corrected chi connectivity index (χ3v) is 7.34. The number of hydrogen-bond acceptors (Lipinski definition) is 5. The Labute approximate surface area is 176 Å². The second kappa shape index (κ2) is 8.80. The van der Waals surface area contributed by atoms with Gasteiger partial charge in [0.05, 0.1) is 5.69 Å². The maximum Gasteiger partial charge on any atom is 0.273 e. The number of nitrogens with one attached hydrogen (secondary N) is 1. The van der Waals surface area contributed by atoms with Crippen molar-refractivity contribution < 1.29 is 26.7 Å². The summed E-state index contributed by atoms with van der Waals surface area (Å²) >= 11 is 1.13. The minimum absolute atomic E-state index is 0.102. The van der Waals surface area contributed by atoms with Crippen molar-refractivity contribution in [1.82, 2.24) is 0 Å². The zero-order valence-electron chi connectivity index (χ0n) is 16.0. The quantitative estimate of drug-likeness (QED) is 0.581. The van der Waals surface area contributed by atoms with Gasteiger partial charge in [-0.05, 0) is 54.8 Å². The fraction of sp³-hybridized carbons (Fsp3) is 0.150. The average molecular weight is 453 g/mol. The maximum atomic E-state index is 13.3. The van der Waals surface area contributed by atoms with E-state index in [1.165, 1.54) is 38.2 Å². The molecule has 0 spiro atoms. The molecular weight excluding hydrogens is 434 g/mol. The molecule has 0 fully saturated rings. The zero-order valence-corrected chi connectivity index (χ0v) is 17.6. The summed E-state index contributed by atoms with van der Waals surface area (Å²) in [4.78, 5) is 12.2. The first-order valence-corrected chi connectivity index (χ1v) is 11.1. The standard InChI is InChI=1S/C20H18F2N2O4S2/c1-13(20(25)23-14-5-10-17(21)18(22)12-14)28-16-8-6-15(7-9-16)24(2)30(26,27)19-4-3-11-29-19/h3-13H,1-2H3,(H,23,25). The van der Waals surface area contributed by atoms with Crippen LogP contribution in [0.3, 0.4) is 0 Å². The average Bonchev–Trinajstić information content (AvgIpc) is 3.26. The number of amides is 1. The van der Waals surface area contributed by atoms with Crippen LogP contribution in [0.1, 0.15) is 6.92 Å². The monoisotopic (exact) mass is 452 g/mol. The lowest BCUT2D eigenvalue weighted by Crippen LogP contribution is -2.30. The summed E-state index contributed by atoms with van der Waals surface area (Å²) in [5.74, 6) is -2.29. The first kappa shape index (κ1) is 21.7. The van der Waals surface area contributed by atoms with E-state index in [-0.39, 0.29) is 9.90 Å². The summed E-state index contributed by atoms with van der Waals surface area (Å²) in [6.07, 6.45) is -0.934. The van der Waals surface area contributed by atoms with Crippen molar-refractivity contribution in [3.05, 3.63) is 71.6 Å². The van der Waals surface area contributed by atoms with Gasteiger partial charge < -0.3 is 10.1 Å². The molecule has 0 radical (unpaired) electrons. The summed E-state index contributed by atoms with van der Waals surface area (Å²) in [5.41, 5.74) is 0.528. The van der Waals surface area contributed by atoms with Crippen molar-refractivity contribution in [3.63, 3.8) is 0 Å². The molecular formula is C20H18F2N2O4S2. The van der Waals surface area contributed by atoms with E-state index in [0.717, 1.165) is 27.8 Å². The second-order valence-electron chi connectivity index (χ2n) is 6.28. The number of hydrogen-bond donors (Lipinski definition) is 1. The molecule has 6 nitrogen and oxygen atoms in total. The molecule has 10 heteroatoms. The van der Waals surface area contributed by atoms with Crippen LogP contribution in [0.15, 0.2) is 64.2 Å². The molecule has 0 aliphatic carbocycles. The highest BCUT2D eigenvalue weighted by atomic mass is 32.2. The molecule has 1 aromatic heterocycles. The van der Waals surface area contributed by atoms with E-state index >= 15 is 0 Å². The number of halogens is 2. The van der Waals surface area contributed by atoms with Gasteiger partial charge in [0.2, 0.25) is 0 Å². The molecule has 30 heavy (non-hydrogen) atoms. The fourth-order valence-corrected chi connectivity index (χ4v) is 4.85. The molecule has 1 N–H and O–H groups in total. The van der Waals surface area contributed by atoms with Crippen LogP contribution in [0, 0.1) is 11.6 Å². The number of ether oxygens (including phenoxy) is 1. The van der Waals surface area contributed by atoms with Crippen LogP contribution in [-0.4, -0.2) is 27.5 Å². The van der Waals surface area contributed by atoms with Gasteiger partial charge in [-0.1, -0.05) is 6.07 Å². The van der Waals surface area contributed by atoms with Crippen molar-refractivity contribution >= 4 is 38.6 Å². The summed E-state index contributed by atoms with van der Waals surface area (Å²) in [6, 6.07) is 12.4. The summed E-state index contributed by atoms with van der Waals surface area (Å²) in [5, 5.41) is 4.12. The lowest BCUT2D eigenvalue weighted by molar-refractivity contribution is -0.122. The molecule has 0 saturated carbocycles.